The predicted octanol–water partition coefficient (Wildman–Crippen LogP) is 3.61. The summed E-state index contributed by atoms with van der Waals surface area (Å²) in [4.78, 5) is 12.6. The maximum absolute atomic E-state index is 11.8. The van der Waals surface area contributed by atoms with Crippen LogP contribution in [0, 0.1) is 13.8 Å². The topological polar surface area (TPSA) is 38.3 Å². The molecule has 0 aromatic heterocycles. The van der Waals surface area contributed by atoms with Gasteiger partial charge >= 0.3 is 0 Å². The van der Waals surface area contributed by atoms with E-state index in [0.29, 0.717) is 5.69 Å². The quantitative estimate of drug-likeness (QED) is 0.843. The standard InChI is InChI=1S/C16H17NO2S/c1-11-7-8-14(12(2)9-11)19-10-16(18)17-13-5-3-4-6-15(13)20/h3-9,20H,10H2,1-2H3,(H,17,18). The number of rotatable bonds is 4. The molecule has 0 heterocycles. The highest BCUT2D eigenvalue weighted by atomic mass is 32.1. The highest BCUT2D eigenvalue weighted by Gasteiger charge is 2.07. The average molecular weight is 287 g/mol. The van der Waals surface area contributed by atoms with E-state index in [1.54, 1.807) is 6.07 Å². The van der Waals surface area contributed by atoms with E-state index in [2.05, 4.69) is 17.9 Å². The lowest BCUT2D eigenvalue weighted by Gasteiger charge is -2.11. The SMILES string of the molecule is Cc1ccc(OCC(=O)Nc2ccccc2S)c(C)c1. The Hall–Kier alpha value is -1.94. The van der Waals surface area contributed by atoms with Gasteiger partial charge in [-0.15, -0.1) is 12.6 Å². The molecule has 1 N–H and O–H groups in total. The van der Waals surface area contributed by atoms with Crippen molar-refractivity contribution in [2.24, 2.45) is 0 Å². The highest BCUT2D eigenvalue weighted by Crippen LogP contribution is 2.20. The fraction of sp³-hybridized carbons (Fsp3) is 0.188. The Kier molecular flexibility index (Phi) is 4.69. The fourth-order valence-corrected chi connectivity index (χ4v) is 2.09. The number of carbonyl (C=O) groups excluding carboxylic acids is 1. The van der Waals surface area contributed by atoms with Crippen LogP contribution in [0.2, 0.25) is 0 Å². The zero-order chi connectivity index (χ0) is 14.5. The highest BCUT2D eigenvalue weighted by molar-refractivity contribution is 7.80. The molecule has 0 aliphatic rings. The van der Waals surface area contributed by atoms with Gasteiger partial charge in [0.25, 0.3) is 5.91 Å². The molecular formula is C16H17NO2S. The second-order valence-corrected chi connectivity index (χ2v) is 5.10. The number of hydrogen-bond acceptors (Lipinski definition) is 3. The molecule has 0 aliphatic carbocycles. The maximum atomic E-state index is 11.8. The fourth-order valence-electron chi connectivity index (χ4n) is 1.87. The molecule has 0 radical (unpaired) electrons. The first-order valence-electron chi connectivity index (χ1n) is 6.34. The van der Waals surface area contributed by atoms with Gasteiger partial charge in [0.2, 0.25) is 0 Å². The number of aryl methyl sites for hydroxylation is 2. The zero-order valence-corrected chi connectivity index (χ0v) is 12.4. The Balaban J connectivity index is 1.94. The monoisotopic (exact) mass is 287 g/mol. The number of nitrogens with one attached hydrogen (secondary N) is 1. The van der Waals surface area contributed by atoms with Gasteiger partial charge in [0.05, 0.1) is 5.69 Å². The summed E-state index contributed by atoms with van der Waals surface area (Å²) in [5.74, 6) is 0.524. The summed E-state index contributed by atoms with van der Waals surface area (Å²) in [7, 11) is 0. The van der Waals surface area contributed by atoms with Gasteiger partial charge in [0.15, 0.2) is 6.61 Å². The third kappa shape index (κ3) is 3.78. The van der Waals surface area contributed by atoms with Gasteiger partial charge in [-0.1, -0.05) is 29.8 Å². The molecule has 2 aromatic rings. The van der Waals surface area contributed by atoms with Crippen LogP contribution in [0.15, 0.2) is 47.4 Å². The summed E-state index contributed by atoms with van der Waals surface area (Å²) in [6.45, 7) is 3.96. The molecule has 2 rings (SSSR count). The lowest BCUT2D eigenvalue weighted by molar-refractivity contribution is -0.118. The Morgan fingerprint density at radius 1 is 1.20 bits per heavy atom. The van der Waals surface area contributed by atoms with Crippen LogP contribution in [0.25, 0.3) is 0 Å². The molecule has 0 aliphatic heterocycles. The van der Waals surface area contributed by atoms with Gasteiger partial charge in [-0.05, 0) is 37.6 Å². The average Bonchev–Trinajstić information content (AvgIpc) is 2.40. The molecule has 1 amide bonds. The van der Waals surface area contributed by atoms with Crippen molar-refractivity contribution in [3.63, 3.8) is 0 Å². The molecule has 3 nitrogen and oxygen atoms in total. The van der Waals surface area contributed by atoms with Gasteiger partial charge < -0.3 is 10.1 Å². The van der Waals surface area contributed by atoms with E-state index in [1.165, 1.54) is 5.56 Å². The van der Waals surface area contributed by atoms with Crippen molar-refractivity contribution >= 4 is 24.2 Å². The minimum Gasteiger partial charge on any atom is -0.483 e. The third-order valence-electron chi connectivity index (χ3n) is 2.87. The molecule has 0 saturated carbocycles. The number of para-hydroxylation sites is 1. The van der Waals surface area contributed by atoms with Gasteiger partial charge in [0, 0.05) is 4.90 Å². The van der Waals surface area contributed by atoms with Crippen LogP contribution < -0.4 is 10.1 Å². The normalized spacial score (nSPS) is 10.2. The summed E-state index contributed by atoms with van der Waals surface area (Å²) in [5, 5.41) is 2.77. The molecule has 0 unspecified atom stereocenters. The maximum Gasteiger partial charge on any atom is 0.262 e. The van der Waals surface area contributed by atoms with E-state index >= 15 is 0 Å². The summed E-state index contributed by atoms with van der Waals surface area (Å²) in [6.07, 6.45) is 0. The molecule has 0 saturated heterocycles. The summed E-state index contributed by atoms with van der Waals surface area (Å²) in [5.41, 5.74) is 2.88. The van der Waals surface area contributed by atoms with E-state index in [1.807, 2.05) is 50.2 Å². The minimum atomic E-state index is -0.202. The van der Waals surface area contributed by atoms with E-state index in [9.17, 15) is 4.79 Å². The Labute approximate surface area is 124 Å². The lowest BCUT2D eigenvalue weighted by Crippen LogP contribution is -2.20. The number of carbonyl (C=O) groups is 1. The van der Waals surface area contributed by atoms with Crippen LogP contribution in [0.1, 0.15) is 11.1 Å². The van der Waals surface area contributed by atoms with Crippen LogP contribution in [-0.4, -0.2) is 12.5 Å². The van der Waals surface area contributed by atoms with Gasteiger partial charge in [-0.2, -0.15) is 0 Å². The molecule has 4 heteroatoms. The van der Waals surface area contributed by atoms with Crippen molar-refractivity contribution < 1.29 is 9.53 Å². The molecule has 0 atom stereocenters. The van der Waals surface area contributed by atoms with E-state index in [4.69, 9.17) is 4.74 Å². The number of ether oxygens (including phenoxy) is 1. The summed E-state index contributed by atoms with van der Waals surface area (Å²) in [6, 6.07) is 13.2. The van der Waals surface area contributed by atoms with Gasteiger partial charge in [0.1, 0.15) is 5.75 Å². The Morgan fingerprint density at radius 3 is 2.65 bits per heavy atom. The Bertz CT molecular complexity index is 626. The second-order valence-electron chi connectivity index (χ2n) is 4.62. The summed E-state index contributed by atoms with van der Waals surface area (Å²) < 4.78 is 5.53. The lowest BCUT2D eigenvalue weighted by atomic mass is 10.1. The molecule has 20 heavy (non-hydrogen) atoms. The van der Waals surface area contributed by atoms with Crippen molar-refractivity contribution in [2.45, 2.75) is 18.7 Å². The third-order valence-corrected chi connectivity index (χ3v) is 3.26. The van der Waals surface area contributed by atoms with Crippen molar-refractivity contribution in [2.75, 3.05) is 11.9 Å². The molecular weight excluding hydrogens is 270 g/mol. The first-order chi connectivity index (χ1) is 9.56. The van der Waals surface area contributed by atoms with E-state index < -0.39 is 0 Å². The van der Waals surface area contributed by atoms with Crippen molar-refractivity contribution in [1.29, 1.82) is 0 Å². The number of benzene rings is 2. The van der Waals surface area contributed by atoms with Gasteiger partial charge in [-0.3, -0.25) is 4.79 Å². The van der Waals surface area contributed by atoms with E-state index in [0.717, 1.165) is 16.2 Å². The first-order valence-corrected chi connectivity index (χ1v) is 6.79. The van der Waals surface area contributed by atoms with Crippen LogP contribution in [0.5, 0.6) is 5.75 Å². The Morgan fingerprint density at radius 2 is 1.95 bits per heavy atom. The summed E-state index contributed by atoms with van der Waals surface area (Å²) >= 11 is 4.28. The van der Waals surface area contributed by atoms with Gasteiger partial charge in [-0.25, -0.2) is 0 Å². The smallest absolute Gasteiger partial charge is 0.262 e. The molecule has 0 fully saturated rings. The predicted molar refractivity (Wildman–Crippen MR) is 83.7 cm³/mol. The van der Waals surface area contributed by atoms with Crippen molar-refractivity contribution in [3.05, 3.63) is 53.6 Å². The molecule has 104 valence electrons. The molecule has 0 spiro atoms. The second kappa shape index (κ2) is 6.48. The van der Waals surface area contributed by atoms with Crippen LogP contribution >= 0.6 is 12.6 Å². The minimum absolute atomic E-state index is 0.0218. The van der Waals surface area contributed by atoms with Crippen LogP contribution in [0.3, 0.4) is 0 Å². The van der Waals surface area contributed by atoms with Crippen LogP contribution in [-0.2, 0) is 4.79 Å². The number of thiol groups is 1. The number of amides is 1. The number of hydrogen-bond donors (Lipinski definition) is 2. The van der Waals surface area contributed by atoms with Crippen molar-refractivity contribution in [3.8, 4) is 5.75 Å². The molecule has 2 aromatic carbocycles. The first kappa shape index (κ1) is 14.5. The zero-order valence-electron chi connectivity index (χ0n) is 11.5. The number of anilines is 1. The van der Waals surface area contributed by atoms with Crippen molar-refractivity contribution in [1.82, 2.24) is 0 Å². The van der Waals surface area contributed by atoms with Crippen LogP contribution in [0.4, 0.5) is 5.69 Å². The molecule has 0 bridgehead atoms. The largest absolute Gasteiger partial charge is 0.483 e. The van der Waals surface area contributed by atoms with E-state index in [-0.39, 0.29) is 12.5 Å².